The molecule has 35 heavy (non-hydrogen) atoms. The maximum atomic E-state index is 13.2. The number of carbonyl (C=O) groups excluding carboxylic acids is 2. The van der Waals surface area contributed by atoms with Crippen LogP contribution in [0.15, 0.2) is 60.7 Å². The average molecular weight is 495 g/mol. The van der Waals surface area contributed by atoms with Crippen LogP contribution in [0, 0.1) is 0 Å². The van der Waals surface area contributed by atoms with Crippen molar-refractivity contribution in [1.82, 2.24) is 4.90 Å². The van der Waals surface area contributed by atoms with Gasteiger partial charge in [0.15, 0.2) is 6.10 Å². The Labute approximate surface area is 209 Å². The number of carbonyl (C=O) groups is 2. The second kappa shape index (κ2) is 10.7. The maximum Gasteiger partial charge on any atom is 0.264 e. The summed E-state index contributed by atoms with van der Waals surface area (Å²) in [5.41, 5.74) is 2.63. The summed E-state index contributed by atoms with van der Waals surface area (Å²) in [6.07, 6.45) is -0.0385. The summed E-state index contributed by atoms with van der Waals surface area (Å²) in [5.74, 6) is 0.991. The largest absolute Gasteiger partial charge is 0.496 e. The normalized spacial score (nSPS) is 15.0. The van der Waals surface area contributed by atoms with Crippen LogP contribution in [-0.2, 0) is 17.9 Å². The van der Waals surface area contributed by atoms with Gasteiger partial charge in [-0.15, -0.1) is 0 Å². The number of benzene rings is 3. The molecule has 3 aromatic carbocycles. The number of fused-ring (bicyclic) bond motifs is 1. The number of anilines is 1. The van der Waals surface area contributed by atoms with E-state index < -0.39 is 6.10 Å². The quantitative estimate of drug-likeness (QED) is 0.481. The second-order valence-electron chi connectivity index (χ2n) is 8.15. The first-order valence-electron chi connectivity index (χ1n) is 11.3. The van der Waals surface area contributed by atoms with E-state index in [2.05, 4.69) is 5.32 Å². The standard InChI is InChI=1S/C27H27ClN2O5/c1-4-21-27(32)30(15-17-8-10-19(28)11-9-17)16-18-14-20(12-13-22(18)35-21)29-26(31)25-23(33-2)6-5-7-24(25)34-3/h5-14,21H,4,15-16H2,1-3H3,(H,29,31)/t21-/m0/s1. The van der Waals surface area contributed by atoms with E-state index in [1.807, 2.05) is 25.1 Å². The third-order valence-corrected chi connectivity index (χ3v) is 6.10. The molecule has 0 unspecified atom stereocenters. The van der Waals surface area contributed by atoms with Gasteiger partial charge in [-0.1, -0.05) is 36.7 Å². The highest BCUT2D eigenvalue weighted by molar-refractivity contribution is 6.30. The van der Waals surface area contributed by atoms with E-state index in [1.54, 1.807) is 47.4 Å². The predicted molar refractivity (Wildman–Crippen MR) is 134 cm³/mol. The lowest BCUT2D eigenvalue weighted by atomic mass is 10.1. The Hall–Kier alpha value is -3.71. The minimum absolute atomic E-state index is 0.0806. The number of nitrogens with one attached hydrogen (secondary N) is 1. The Bertz CT molecular complexity index is 1210. The molecule has 0 radical (unpaired) electrons. The van der Waals surface area contributed by atoms with Crippen molar-refractivity contribution < 1.29 is 23.8 Å². The number of amides is 2. The Morgan fingerprint density at radius 2 is 1.77 bits per heavy atom. The zero-order chi connectivity index (χ0) is 24.9. The molecule has 3 aromatic rings. The van der Waals surface area contributed by atoms with Crippen LogP contribution in [0.25, 0.3) is 0 Å². The van der Waals surface area contributed by atoms with Crippen LogP contribution in [0.3, 0.4) is 0 Å². The van der Waals surface area contributed by atoms with E-state index in [-0.39, 0.29) is 11.8 Å². The first-order chi connectivity index (χ1) is 16.9. The van der Waals surface area contributed by atoms with Gasteiger partial charge in [0, 0.05) is 29.4 Å². The molecule has 1 aliphatic heterocycles. The van der Waals surface area contributed by atoms with E-state index in [0.29, 0.717) is 53.0 Å². The van der Waals surface area contributed by atoms with Crippen molar-refractivity contribution in [2.45, 2.75) is 32.5 Å². The number of halogens is 1. The molecule has 0 bridgehead atoms. The number of rotatable bonds is 7. The van der Waals surface area contributed by atoms with Crippen LogP contribution in [0.2, 0.25) is 5.02 Å². The van der Waals surface area contributed by atoms with Crippen molar-refractivity contribution in [3.05, 3.63) is 82.4 Å². The number of ether oxygens (including phenoxy) is 3. The fourth-order valence-electron chi connectivity index (χ4n) is 4.06. The minimum atomic E-state index is -0.582. The Kier molecular flexibility index (Phi) is 7.46. The molecular formula is C27H27ClN2O5. The Balaban J connectivity index is 1.61. The van der Waals surface area contributed by atoms with Crippen molar-refractivity contribution >= 4 is 29.1 Å². The van der Waals surface area contributed by atoms with Gasteiger partial charge in [-0.25, -0.2) is 0 Å². The molecule has 7 nitrogen and oxygen atoms in total. The average Bonchev–Trinajstić information content (AvgIpc) is 3.00. The molecule has 0 saturated heterocycles. The summed E-state index contributed by atoms with van der Waals surface area (Å²) >= 11 is 6.01. The highest BCUT2D eigenvalue weighted by Crippen LogP contribution is 2.32. The van der Waals surface area contributed by atoms with Crippen molar-refractivity contribution in [1.29, 1.82) is 0 Å². The van der Waals surface area contributed by atoms with Crippen molar-refractivity contribution in [2.75, 3.05) is 19.5 Å². The van der Waals surface area contributed by atoms with E-state index in [4.69, 9.17) is 25.8 Å². The predicted octanol–water partition coefficient (Wildman–Crippen LogP) is 5.31. The topological polar surface area (TPSA) is 77.1 Å². The highest BCUT2D eigenvalue weighted by Gasteiger charge is 2.30. The minimum Gasteiger partial charge on any atom is -0.496 e. The summed E-state index contributed by atoms with van der Waals surface area (Å²) in [5, 5.41) is 3.55. The zero-order valence-electron chi connectivity index (χ0n) is 19.8. The van der Waals surface area contributed by atoms with Gasteiger partial charge in [0.2, 0.25) is 0 Å². The van der Waals surface area contributed by atoms with E-state index in [1.165, 1.54) is 14.2 Å². The molecule has 0 spiro atoms. The SMILES string of the molecule is CC[C@@H]1Oc2ccc(NC(=O)c3c(OC)cccc3OC)cc2CN(Cc2ccc(Cl)cc2)C1=O. The fourth-order valence-corrected chi connectivity index (χ4v) is 4.18. The maximum absolute atomic E-state index is 13.2. The van der Waals surface area contributed by atoms with Gasteiger partial charge < -0.3 is 24.4 Å². The smallest absolute Gasteiger partial charge is 0.264 e. The first-order valence-corrected chi connectivity index (χ1v) is 11.7. The summed E-state index contributed by atoms with van der Waals surface area (Å²) in [6, 6.07) is 17.9. The monoisotopic (exact) mass is 494 g/mol. The molecule has 8 heteroatoms. The lowest BCUT2D eigenvalue weighted by Crippen LogP contribution is -2.38. The molecule has 0 aromatic heterocycles. The summed E-state index contributed by atoms with van der Waals surface area (Å²) in [6.45, 7) is 2.68. The van der Waals surface area contributed by atoms with Gasteiger partial charge in [-0.2, -0.15) is 0 Å². The van der Waals surface area contributed by atoms with E-state index >= 15 is 0 Å². The van der Waals surface area contributed by atoms with Gasteiger partial charge in [0.1, 0.15) is 22.8 Å². The summed E-state index contributed by atoms with van der Waals surface area (Å²) in [4.78, 5) is 28.1. The molecule has 2 amide bonds. The van der Waals surface area contributed by atoms with E-state index in [9.17, 15) is 9.59 Å². The molecule has 1 N–H and O–H groups in total. The number of nitrogens with zero attached hydrogens (tertiary/aromatic N) is 1. The lowest BCUT2D eigenvalue weighted by Gasteiger charge is -2.23. The molecule has 1 aliphatic rings. The van der Waals surface area contributed by atoms with Crippen LogP contribution < -0.4 is 19.5 Å². The molecule has 0 saturated carbocycles. The van der Waals surface area contributed by atoms with Crippen LogP contribution in [-0.4, -0.2) is 37.0 Å². The number of hydrogen-bond donors (Lipinski definition) is 1. The molecule has 0 aliphatic carbocycles. The van der Waals surface area contributed by atoms with Crippen molar-refractivity contribution in [3.8, 4) is 17.2 Å². The highest BCUT2D eigenvalue weighted by atomic mass is 35.5. The first kappa shape index (κ1) is 24.4. The molecule has 182 valence electrons. The van der Waals surface area contributed by atoms with Gasteiger partial charge in [-0.3, -0.25) is 9.59 Å². The zero-order valence-corrected chi connectivity index (χ0v) is 20.6. The van der Waals surface area contributed by atoms with Crippen LogP contribution in [0.4, 0.5) is 5.69 Å². The molecule has 4 rings (SSSR count). The molecule has 1 atom stereocenters. The van der Waals surface area contributed by atoms with E-state index in [0.717, 1.165) is 11.1 Å². The van der Waals surface area contributed by atoms with Crippen LogP contribution in [0.5, 0.6) is 17.2 Å². The fraction of sp³-hybridized carbons (Fsp3) is 0.259. The number of hydrogen-bond acceptors (Lipinski definition) is 5. The third kappa shape index (κ3) is 5.35. The van der Waals surface area contributed by atoms with Crippen LogP contribution >= 0.6 is 11.6 Å². The molecule has 0 fully saturated rings. The third-order valence-electron chi connectivity index (χ3n) is 5.85. The van der Waals surface area contributed by atoms with Crippen molar-refractivity contribution in [3.63, 3.8) is 0 Å². The van der Waals surface area contributed by atoms with Crippen LogP contribution in [0.1, 0.15) is 34.8 Å². The van der Waals surface area contributed by atoms with Crippen molar-refractivity contribution in [2.24, 2.45) is 0 Å². The number of methoxy groups -OCH3 is 2. The lowest BCUT2D eigenvalue weighted by molar-refractivity contribution is -0.139. The second-order valence-corrected chi connectivity index (χ2v) is 8.59. The summed E-state index contributed by atoms with van der Waals surface area (Å²) < 4.78 is 16.8. The molecule has 1 heterocycles. The van der Waals surface area contributed by atoms with Gasteiger partial charge in [0.05, 0.1) is 14.2 Å². The van der Waals surface area contributed by atoms with Gasteiger partial charge in [-0.05, 0) is 54.4 Å². The Morgan fingerprint density at radius 1 is 1.09 bits per heavy atom. The molecular weight excluding hydrogens is 468 g/mol. The van der Waals surface area contributed by atoms with Gasteiger partial charge >= 0.3 is 0 Å². The Morgan fingerprint density at radius 3 is 2.40 bits per heavy atom. The van der Waals surface area contributed by atoms with Gasteiger partial charge in [0.25, 0.3) is 11.8 Å². The summed E-state index contributed by atoms with van der Waals surface area (Å²) in [7, 11) is 3.00.